The van der Waals surface area contributed by atoms with E-state index in [1.165, 1.54) is 31.2 Å². The summed E-state index contributed by atoms with van der Waals surface area (Å²) >= 11 is 3.44. The molecule has 0 saturated carbocycles. The number of hydrogen-bond donors (Lipinski definition) is 0. The number of ether oxygens (including phenoxy) is 1. The van der Waals surface area contributed by atoms with Crippen LogP contribution in [0, 0.1) is 11.3 Å². The van der Waals surface area contributed by atoms with Crippen molar-refractivity contribution >= 4 is 15.9 Å². The third-order valence-electron chi connectivity index (χ3n) is 3.23. The number of alkyl halides is 1. The van der Waals surface area contributed by atoms with Crippen molar-refractivity contribution in [2.24, 2.45) is 0 Å². The van der Waals surface area contributed by atoms with Crippen molar-refractivity contribution in [2.75, 3.05) is 18.5 Å². The van der Waals surface area contributed by atoms with Gasteiger partial charge < -0.3 is 4.74 Å². The minimum Gasteiger partial charge on any atom is -0.381 e. The maximum absolute atomic E-state index is 8.61. The molecule has 2 nitrogen and oxygen atoms in total. The molecule has 0 heterocycles. The van der Waals surface area contributed by atoms with Crippen LogP contribution in [0.15, 0.2) is 24.3 Å². The molecule has 0 aliphatic heterocycles. The van der Waals surface area contributed by atoms with Crippen LogP contribution in [0.5, 0.6) is 0 Å². The molecule has 0 atom stereocenters. The minimum absolute atomic E-state index is 0.498. The smallest absolute Gasteiger partial charge is 0.0669 e. The van der Waals surface area contributed by atoms with Gasteiger partial charge in [-0.1, -0.05) is 53.0 Å². The highest BCUT2D eigenvalue weighted by Crippen LogP contribution is 2.08. The van der Waals surface area contributed by atoms with Gasteiger partial charge in [0.1, 0.15) is 0 Å². The molecule has 0 unspecified atom stereocenters. The zero-order chi connectivity index (χ0) is 14.5. The van der Waals surface area contributed by atoms with Crippen LogP contribution in [-0.2, 0) is 17.6 Å². The van der Waals surface area contributed by atoms with Crippen LogP contribution >= 0.6 is 15.9 Å². The molecule has 0 bridgehead atoms. The van der Waals surface area contributed by atoms with Crippen molar-refractivity contribution in [3.8, 4) is 6.07 Å². The summed E-state index contributed by atoms with van der Waals surface area (Å²) < 4.78 is 5.64. The molecular weight excluding hydrogens is 314 g/mol. The summed E-state index contributed by atoms with van der Waals surface area (Å²) in [4.78, 5) is 0. The van der Waals surface area contributed by atoms with Crippen molar-refractivity contribution < 1.29 is 4.74 Å². The Morgan fingerprint density at radius 1 is 0.900 bits per heavy atom. The SMILES string of the molecule is N#CCc1ccc(CCCOCCCCCCBr)cc1. The second-order valence-corrected chi connectivity index (χ2v) is 5.76. The molecule has 0 N–H and O–H groups in total. The first kappa shape index (κ1) is 17.2. The summed E-state index contributed by atoms with van der Waals surface area (Å²) in [6.07, 6.45) is 7.63. The van der Waals surface area contributed by atoms with Gasteiger partial charge in [-0.2, -0.15) is 5.26 Å². The van der Waals surface area contributed by atoms with Gasteiger partial charge in [-0.05, 0) is 36.8 Å². The van der Waals surface area contributed by atoms with E-state index in [-0.39, 0.29) is 0 Å². The van der Waals surface area contributed by atoms with Gasteiger partial charge in [0, 0.05) is 18.5 Å². The molecule has 0 aliphatic rings. The Balaban J connectivity index is 1.99. The Kier molecular flexibility index (Phi) is 10.3. The Hall–Kier alpha value is -0.850. The molecule has 0 fully saturated rings. The van der Waals surface area contributed by atoms with Crippen LogP contribution < -0.4 is 0 Å². The number of halogens is 1. The summed E-state index contributed by atoms with van der Waals surface area (Å²) in [6, 6.07) is 10.5. The first-order valence-electron chi connectivity index (χ1n) is 7.45. The maximum atomic E-state index is 8.61. The van der Waals surface area contributed by atoms with Crippen molar-refractivity contribution in [1.29, 1.82) is 5.26 Å². The fourth-order valence-electron chi connectivity index (χ4n) is 2.05. The lowest BCUT2D eigenvalue weighted by Gasteiger charge is -2.05. The first-order valence-corrected chi connectivity index (χ1v) is 8.57. The normalized spacial score (nSPS) is 10.4. The van der Waals surface area contributed by atoms with Gasteiger partial charge in [0.2, 0.25) is 0 Å². The van der Waals surface area contributed by atoms with E-state index in [4.69, 9.17) is 10.00 Å². The van der Waals surface area contributed by atoms with E-state index in [0.29, 0.717) is 6.42 Å². The highest BCUT2D eigenvalue weighted by atomic mass is 79.9. The van der Waals surface area contributed by atoms with Crippen LogP contribution in [0.3, 0.4) is 0 Å². The van der Waals surface area contributed by atoms with Gasteiger partial charge >= 0.3 is 0 Å². The third-order valence-corrected chi connectivity index (χ3v) is 3.79. The molecule has 0 saturated heterocycles. The molecule has 1 aromatic rings. The lowest BCUT2D eigenvalue weighted by atomic mass is 10.1. The van der Waals surface area contributed by atoms with Crippen molar-refractivity contribution in [2.45, 2.75) is 44.9 Å². The lowest BCUT2D eigenvalue weighted by molar-refractivity contribution is 0.128. The predicted molar refractivity (Wildman–Crippen MR) is 87.2 cm³/mol. The van der Waals surface area contributed by atoms with Gasteiger partial charge in [-0.15, -0.1) is 0 Å². The number of nitrogens with zero attached hydrogens (tertiary/aromatic N) is 1. The maximum Gasteiger partial charge on any atom is 0.0669 e. The van der Waals surface area contributed by atoms with Crippen molar-refractivity contribution in [1.82, 2.24) is 0 Å². The first-order chi connectivity index (χ1) is 9.86. The number of rotatable bonds is 11. The van der Waals surface area contributed by atoms with Crippen LogP contribution in [-0.4, -0.2) is 18.5 Å². The molecule has 3 heteroatoms. The molecule has 20 heavy (non-hydrogen) atoms. The quantitative estimate of drug-likeness (QED) is 0.434. The molecule has 1 rings (SSSR count). The standard InChI is InChI=1S/C17H24BrNO/c18-12-3-1-2-4-14-20-15-5-6-16-7-9-17(10-8-16)11-13-19/h7-10H,1-6,11-12,14-15H2. The topological polar surface area (TPSA) is 33.0 Å². The number of unbranched alkanes of at least 4 members (excludes halogenated alkanes) is 3. The zero-order valence-corrected chi connectivity index (χ0v) is 13.7. The Morgan fingerprint density at radius 2 is 1.55 bits per heavy atom. The average molecular weight is 338 g/mol. The van der Waals surface area contributed by atoms with Gasteiger partial charge in [0.25, 0.3) is 0 Å². The van der Waals surface area contributed by atoms with E-state index in [0.717, 1.165) is 36.9 Å². The van der Waals surface area contributed by atoms with Crippen LogP contribution in [0.2, 0.25) is 0 Å². The Morgan fingerprint density at radius 3 is 2.25 bits per heavy atom. The van der Waals surface area contributed by atoms with E-state index < -0.39 is 0 Å². The van der Waals surface area contributed by atoms with Gasteiger partial charge in [0.05, 0.1) is 12.5 Å². The number of hydrogen-bond acceptors (Lipinski definition) is 2. The molecule has 0 aromatic heterocycles. The third kappa shape index (κ3) is 8.35. The van der Waals surface area contributed by atoms with E-state index in [2.05, 4.69) is 34.1 Å². The van der Waals surface area contributed by atoms with Crippen molar-refractivity contribution in [3.05, 3.63) is 35.4 Å². The minimum atomic E-state index is 0.498. The summed E-state index contributed by atoms with van der Waals surface area (Å²) in [6.45, 7) is 1.74. The van der Waals surface area contributed by atoms with E-state index >= 15 is 0 Å². The van der Waals surface area contributed by atoms with Crippen LogP contribution in [0.1, 0.15) is 43.2 Å². The summed E-state index contributed by atoms with van der Waals surface area (Å²) in [5.74, 6) is 0. The molecule has 1 aromatic carbocycles. The molecule has 0 radical (unpaired) electrons. The molecule has 0 amide bonds. The number of benzene rings is 1. The van der Waals surface area contributed by atoms with Crippen molar-refractivity contribution in [3.63, 3.8) is 0 Å². The molecular formula is C17H24BrNO. The number of nitriles is 1. The number of aryl methyl sites for hydroxylation is 1. The largest absolute Gasteiger partial charge is 0.381 e. The Labute approximate surface area is 131 Å². The second-order valence-electron chi connectivity index (χ2n) is 4.97. The molecule has 0 spiro atoms. The average Bonchev–Trinajstić information content (AvgIpc) is 2.47. The van der Waals surface area contributed by atoms with E-state index in [1.54, 1.807) is 0 Å². The highest BCUT2D eigenvalue weighted by Gasteiger charge is 1.96. The predicted octanol–water partition coefficient (Wildman–Crippen LogP) is 4.66. The summed E-state index contributed by atoms with van der Waals surface area (Å²) in [7, 11) is 0. The molecule has 0 aliphatic carbocycles. The van der Waals surface area contributed by atoms with Gasteiger partial charge in [-0.25, -0.2) is 0 Å². The fourth-order valence-corrected chi connectivity index (χ4v) is 2.44. The van der Waals surface area contributed by atoms with Gasteiger partial charge in [0.15, 0.2) is 0 Å². The second kappa shape index (κ2) is 11.9. The van der Waals surface area contributed by atoms with E-state index in [1.807, 2.05) is 12.1 Å². The lowest BCUT2D eigenvalue weighted by Crippen LogP contribution is -1.99. The van der Waals surface area contributed by atoms with Gasteiger partial charge in [-0.3, -0.25) is 0 Å². The molecule has 110 valence electrons. The monoisotopic (exact) mass is 337 g/mol. The van der Waals surface area contributed by atoms with Crippen LogP contribution in [0.4, 0.5) is 0 Å². The zero-order valence-electron chi connectivity index (χ0n) is 12.1. The highest BCUT2D eigenvalue weighted by molar-refractivity contribution is 9.09. The summed E-state index contributed by atoms with van der Waals surface area (Å²) in [5, 5.41) is 9.72. The van der Waals surface area contributed by atoms with Crippen LogP contribution in [0.25, 0.3) is 0 Å². The summed E-state index contributed by atoms with van der Waals surface area (Å²) in [5.41, 5.74) is 2.42. The Bertz CT molecular complexity index is 383. The van der Waals surface area contributed by atoms with E-state index in [9.17, 15) is 0 Å². The fraction of sp³-hybridized carbons (Fsp3) is 0.588.